The van der Waals surface area contributed by atoms with E-state index in [-0.39, 0.29) is 19.0 Å². The van der Waals surface area contributed by atoms with Gasteiger partial charge >= 0.3 is 0 Å². The Morgan fingerprint density at radius 1 is 1.24 bits per heavy atom. The molecule has 0 saturated carbocycles. The fourth-order valence-electron chi connectivity index (χ4n) is 1.31. The van der Waals surface area contributed by atoms with Gasteiger partial charge in [-0.15, -0.1) is 12.4 Å². The summed E-state index contributed by atoms with van der Waals surface area (Å²) in [4.78, 5) is 0. The molecule has 98 valence electrons. The van der Waals surface area contributed by atoms with Gasteiger partial charge in [0.2, 0.25) is 0 Å². The number of phenolic OH excluding ortho intramolecular Hbond substituents is 1. The highest BCUT2D eigenvalue weighted by Crippen LogP contribution is 2.10. The van der Waals surface area contributed by atoms with Crippen LogP contribution in [0.2, 0.25) is 0 Å². The fraction of sp³-hybridized carbons (Fsp3) is 0.500. The minimum absolute atomic E-state index is 0. The maximum atomic E-state index is 9.26. The molecule has 3 nitrogen and oxygen atoms in total. The molecule has 0 bridgehead atoms. The first-order chi connectivity index (χ1) is 7.83. The molecule has 5 heteroatoms. The molecule has 0 fully saturated rings. The molecule has 3 N–H and O–H groups in total. The summed E-state index contributed by atoms with van der Waals surface area (Å²) in [5, 5.41) is 21.2. The lowest BCUT2D eigenvalue weighted by molar-refractivity contribution is 0.296. The maximum absolute atomic E-state index is 9.26. The number of rotatable bonds is 8. The van der Waals surface area contributed by atoms with Crippen molar-refractivity contribution in [3.05, 3.63) is 29.8 Å². The van der Waals surface area contributed by atoms with Crippen LogP contribution < -0.4 is 5.32 Å². The Morgan fingerprint density at radius 2 is 2.06 bits per heavy atom. The van der Waals surface area contributed by atoms with E-state index >= 15 is 0 Å². The second kappa shape index (κ2) is 10.7. The molecule has 0 saturated heterocycles. The van der Waals surface area contributed by atoms with Crippen molar-refractivity contribution in [3.63, 3.8) is 0 Å². The molecular formula is C12H20ClNO2S. The zero-order valence-electron chi connectivity index (χ0n) is 9.76. The van der Waals surface area contributed by atoms with Crippen molar-refractivity contribution in [3.8, 4) is 5.75 Å². The molecule has 0 heterocycles. The summed E-state index contributed by atoms with van der Waals surface area (Å²) in [7, 11) is 0. The highest BCUT2D eigenvalue weighted by molar-refractivity contribution is 7.99. The quantitative estimate of drug-likeness (QED) is 0.637. The molecule has 17 heavy (non-hydrogen) atoms. The predicted octanol–water partition coefficient (Wildman–Crippen LogP) is 2.02. The molecule has 1 aromatic rings. The summed E-state index contributed by atoms with van der Waals surface area (Å²) in [6.45, 7) is 2.02. The normalized spacial score (nSPS) is 9.94. The van der Waals surface area contributed by atoms with Gasteiger partial charge in [0.15, 0.2) is 0 Å². The van der Waals surface area contributed by atoms with Gasteiger partial charge in [-0.05, 0) is 29.9 Å². The predicted molar refractivity (Wildman–Crippen MR) is 76.1 cm³/mol. The number of phenols is 1. The number of aliphatic hydroxyl groups excluding tert-OH is 1. The standard InChI is InChI=1S/C12H19NO2S.ClH/c14-6-2-7-16-8-5-13-10-11-3-1-4-12(15)9-11;/h1,3-4,9,13-15H,2,5-8,10H2;1H. The number of aliphatic hydroxyl groups is 1. The third-order valence-corrected chi connectivity index (χ3v) is 3.18. The summed E-state index contributed by atoms with van der Waals surface area (Å²) in [6, 6.07) is 7.29. The van der Waals surface area contributed by atoms with Crippen LogP contribution in [0.5, 0.6) is 5.75 Å². The van der Waals surface area contributed by atoms with Crippen molar-refractivity contribution < 1.29 is 10.2 Å². The summed E-state index contributed by atoms with van der Waals surface area (Å²) in [5.74, 6) is 2.39. The third kappa shape index (κ3) is 8.32. The monoisotopic (exact) mass is 277 g/mol. The Kier molecular flexibility index (Phi) is 10.5. The van der Waals surface area contributed by atoms with E-state index in [1.807, 2.05) is 23.9 Å². The molecular weight excluding hydrogens is 258 g/mol. The average molecular weight is 278 g/mol. The van der Waals surface area contributed by atoms with Crippen molar-refractivity contribution in [1.29, 1.82) is 0 Å². The minimum atomic E-state index is 0. The third-order valence-electron chi connectivity index (χ3n) is 2.11. The van der Waals surface area contributed by atoms with Gasteiger partial charge in [-0.3, -0.25) is 0 Å². The van der Waals surface area contributed by atoms with Gasteiger partial charge in [0.1, 0.15) is 5.75 Å². The van der Waals surface area contributed by atoms with Gasteiger partial charge in [-0.1, -0.05) is 12.1 Å². The van der Waals surface area contributed by atoms with E-state index in [1.165, 1.54) is 0 Å². The SMILES string of the molecule is Cl.OCCCSCCNCc1cccc(O)c1. The van der Waals surface area contributed by atoms with Crippen molar-refractivity contribution in [1.82, 2.24) is 5.32 Å². The van der Waals surface area contributed by atoms with Gasteiger partial charge in [0, 0.05) is 25.4 Å². The first-order valence-corrected chi connectivity index (χ1v) is 6.65. The van der Waals surface area contributed by atoms with E-state index < -0.39 is 0 Å². The summed E-state index contributed by atoms with van der Waals surface area (Å²) in [6.07, 6.45) is 0.872. The molecule has 1 aromatic carbocycles. The molecule has 0 aliphatic rings. The Hall–Kier alpha value is -0.420. The second-order valence-electron chi connectivity index (χ2n) is 3.54. The van der Waals surface area contributed by atoms with Crippen LogP contribution in [-0.4, -0.2) is 34.9 Å². The van der Waals surface area contributed by atoms with E-state index in [9.17, 15) is 5.11 Å². The number of nitrogens with one attached hydrogen (secondary N) is 1. The smallest absolute Gasteiger partial charge is 0.115 e. The Labute approximate surface area is 113 Å². The van der Waals surface area contributed by atoms with E-state index in [0.717, 1.165) is 36.6 Å². The fourth-order valence-corrected chi connectivity index (χ4v) is 2.14. The Morgan fingerprint density at radius 3 is 2.76 bits per heavy atom. The topological polar surface area (TPSA) is 52.5 Å². The second-order valence-corrected chi connectivity index (χ2v) is 4.76. The Bertz CT molecular complexity index is 300. The van der Waals surface area contributed by atoms with Gasteiger partial charge in [-0.2, -0.15) is 11.8 Å². The number of benzene rings is 1. The highest BCUT2D eigenvalue weighted by atomic mass is 35.5. The van der Waals surface area contributed by atoms with Crippen molar-refractivity contribution in [2.45, 2.75) is 13.0 Å². The number of thioether (sulfide) groups is 1. The van der Waals surface area contributed by atoms with E-state index in [2.05, 4.69) is 5.32 Å². The minimum Gasteiger partial charge on any atom is -0.508 e. The van der Waals surface area contributed by atoms with Crippen LogP contribution in [0, 0.1) is 0 Å². The van der Waals surface area contributed by atoms with Gasteiger partial charge in [-0.25, -0.2) is 0 Å². The van der Waals surface area contributed by atoms with Gasteiger partial charge in [0.05, 0.1) is 0 Å². The molecule has 0 aliphatic heterocycles. The zero-order chi connectivity index (χ0) is 11.6. The van der Waals surface area contributed by atoms with Crippen LogP contribution in [0.1, 0.15) is 12.0 Å². The van der Waals surface area contributed by atoms with Crippen molar-refractivity contribution >= 4 is 24.2 Å². The summed E-state index contributed by atoms with van der Waals surface area (Å²) in [5.41, 5.74) is 1.10. The van der Waals surface area contributed by atoms with Crippen LogP contribution in [0.4, 0.5) is 0 Å². The number of halogens is 1. The lowest BCUT2D eigenvalue weighted by Gasteiger charge is -2.05. The highest BCUT2D eigenvalue weighted by Gasteiger charge is 1.94. The van der Waals surface area contributed by atoms with E-state index in [1.54, 1.807) is 12.1 Å². The van der Waals surface area contributed by atoms with E-state index in [4.69, 9.17) is 5.11 Å². The van der Waals surface area contributed by atoms with Gasteiger partial charge < -0.3 is 15.5 Å². The van der Waals surface area contributed by atoms with Crippen LogP contribution in [0.15, 0.2) is 24.3 Å². The average Bonchev–Trinajstić information content (AvgIpc) is 2.28. The molecule has 0 spiro atoms. The Balaban J connectivity index is 0.00000256. The maximum Gasteiger partial charge on any atom is 0.115 e. The lowest BCUT2D eigenvalue weighted by Crippen LogP contribution is -2.16. The first-order valence-electron chi connectivity index (χ1n) is 5.50. The van der Waals surface area contributed by atoms with Crippen molar-refractivity contribution in [2.24, 2.45) is 0 Å². The van der Waals surface area contributed by atoms with E-state index in [0.29, 0.717) is 5.75 Å². The van der Waals surface area contributed by atoms with Crippen LogP contribution in [0.25, 0.3) is 0 Å². The van der Waals surface area contributed by atoms with Gasteiger partial charge in [0.25, 0.3) is 0 Å². The first kappa shape index (κ1) is 16.6. The molecule has 0 radical (unpaired) electrons. The van der Waals surface area contributed by atoms with Crippen LogP contribution >= 0.6 is 24.2 Å². The molecule has 1 rings (SSSR count). The molecule has 0 atom stereocenters. The lowest BCUT2D eigenvalue weighted by atomic mass is 10.2. The molecule has 0 amide bonds. The zero-order valence-corrected chi connectivity index (χ0v) is 11.4. The summed E-state index contributed by atoms with van der Waals surface area (Å²) >= 11 is 1.84. The number of hydrogen-bond acceptors (Lipinski definition) is 4. The summed E-state index contributed by atoms with van der Waals surface area (Å²) < 4.78 is 0. The molecule has 0 aliphatic carbocycles. The van der Waals surface area contributed by atoms with Crippen LogP contribution in [-0.2, 0) is 6.54 Å². The largest absolute Gasteiger partial charge is 0.508 e. The number of hydrogen-bond donors (Lipinski definition) is 3. The number of aromatic hydroxyl groups is 1. The molecule has 0 unspecified atom stereocenters. The molecule has 0 aromatic heterocycles. The van der Waals surface area contributed by atoms with Crippen molar-refractivity contribution in [2.75, 3.05) is 24.7 Å². The van der Waals surface area contributed by atoms with Crippen LogP contribution in [0.3, 0.4) is 0 Å².